The molecule has 6 heteroatoms. The van der Waals surface area contributed by atoms with Gasteiger partial charge in [0.25, 0.3) is 5.91 Å². The maximum atomic E-state index is 12.5. The molecule has 2 rings (SSSR count). The van der Waals surface area contributed by atoms with E-state index in [1.165, 1.54) is 6.42 Å². The summed E-state index contributed by atoms with van der Waals surface area (Å²) in [6, 6.07) is 4.85. The zero-order valence-electron chi connectivity index (χ0n) is 12.5. The summed E-state index contributed by atoms with van der Waals surface area (Å²) >= 11 is 0. The number of amides is 2. The van der Waals surface area contributed by atoms with Gasteiger partial charge in [-0.05, 0) is 45.2 Å². The van der Waals surface area contributed by atoms with Crippen LogP contribution in [0.1, 0.15) is 43.6 Å². The van der Waals surface area contributed by atoms with Gasteiger partial charge in [0, 0.05) is 12.6 Å². The summed E-state index contributed by atoms with van der Waals surface area (Å²) in [7, 11) is 0. The Morgan fingerprint density at radius 2 is 2.19 bits per heavy atom. The molecule has 2 heterocycles. The molecule has 0 saturated carbocycles. The molecule has 1 aliphatic rings. The van der Waals surface area contributed by atoms with E-state index >= 15 is 0 Å². The third kappa shape index (κ3) is 3.71. The van der Waals surface area contributed by atoms with Crippen molar-refractivity contribution >= 4 is 17.6 Å². The Bertz CT molecular complexity index is 532. The van der Waals surface area contributed by atoms with E-state index in [1.54, 1.807) is 18.2 Å². The number of pyridine rings is 1. The van der Waals surface area contributed by atoms with E-state index in [0.29, 0.717) is 5.82 Å². The van der Waals surface area contributed by atoms with Gasteiger partial charge in [-0.15, -0.1) is 0 Å². The highest BCUT2D eigenvalue weighted by molar-refractivity contribution is 5.91. The topological polar surface area (TPSA) is 88.3 Å². The minimum atomic E-state index is -0.581. The molecule has 0 radical (unpaired) electrons. The molecule has 1 saturated heterocycles. The molecule has 2 unspecified atom stereocenters. The van der Waals surface area contributed by atoms with Crippen LogP contribution in [0.5, 0.6) is 0 Å². The highest BCUT2D eigenvalue weighted by atomic mass is 16.2. The molecule has 114 valence electrons. The van der Waals surface area contributed by atoms with Gasteiger partial charge >= 0.3 is 0 Å². The summed E-state index contributed by atoms with van der Waals surface area (Å²) < 4.78 is 0. The molecule has 0 aromatic carbocycles. The standard InChI is InChI=1S/C15H22N4O2/c1-10-6-3-4-9-19(10)15(21)11(2)17-13-8-5-7-12(18-13)14(16)20/h5,7-8,10-11H,3-4,6,9H2,1-2H3,(H2,16,20)(H,17,18). The van der Waals surface area contributed by atoms with Gasteiger partial charge in [0.2, 0.25) is 5.91 Å². The highest BCUT2D eigenvalue weighted by Gasteiger charge is 2.27. The van der Waals surface area contributed by atoms with Gasteiger partial charge in [-0.3, -0.25) is 9.59 Å². The van der Waals surface area contributed by atoms with Crippen LogP contribution in [0.3, 0.4) is 0 Å². The van der Waals surface area contributed by atoms with Gasteiger partial charge in [-0.2, -0.15) is 0 Å². The molecule has 2 atom stereocenters. The summed E-state index contributed by atoms with van der Waals surface area (Å²) in [5.41, 5.74) is 5.39. The fourth-order valence-electron chi connectivity index (χ4n) is 2.61. The number of rotatable bonds is 4. The van der Waals surface area contributed by atoms with Gasteiger partial charge < -0.3 is 16.0 Å². The Labute approximate surface area is 124 Å². The summed E-state index contributed by atoms with van der Waals surface area (Å²) in [5.74, 6) is -0.0347. The molecule has 0 bridgehead atoms. The predicted octanol–water partition coefficient (Wildman–Crippen LogP) is 1.38. The fraction of sp³-hybridized carbons (Fsp3) is 0.533. The summed E-state index contributed by atoms with van der Waals surface area (Å²) in [4.78, 5) is 29.6. The van der Waals surface area contributed by atoms with Crippen LogP contribution in [0.25, 0.3) is 0 Å². The average molecular weight is 290 g/mol. The van der Waals surface area contributed by atoms with Crippen molar-refractivity contribution in [2.24, 2.45) is 5.73 Å². The lowest BCUT2D eigenvalue weighted by Gasteiger charge is -2.35. The van der Waals surface area contributed by atoms with Crippen LogP contribution < -0.4 is 11.1 Å². The van der Waals surface area contributed by atoms with Crippen molar-refractivity contribution in [3.05, 3.63) is 23.9 Å². The fourth-order valence-corrected chi connectivity index (χ4v) is 2.61. The molecule has 1 aromatic rings. The maximum absolute atomic E-state index is 12.5. The smallest absolute Gasteiger partial charge is 0.267 e. The van der Waals surface area contributed by atoms with E-state index in [0.717, 1.165) is 19.4 Å². The molecule has 1 fully saturated rings. The normalized spacial score (nSPS) is 19.9. The van der Waals surface area contributed by atoms with Gasteiger partial charge in [0.15, 0.2) is 0 Å². The van der Waals surface area contributed by atoms with Crippen LogP contribution in [-0.2, 0) is 4.79 Å². The van der Waals surface area contributed by atoms with Crippen molar-refractivity contribution in [3.8, 4) is 0 Å². The number of primary amides is 1. The van der Waals surface area contributed by atoms with Gasteiger partial charge in [-0.1, -0.05) is 6.07 Å². The highest BCUT2D eigenvalue weighted by Crippen LogP contribution is 2.18. The second-order valence-corrected chi connectivity index (χ2v) is 5.51. The first kappa shape index (κ1) is 15.3. The van der Waals surface area contributed by atoms with Crippen LogP contribution in [0.15, 0.2) is 18.2 Å². The summed E-state index contributed by atoms with van der Waals surface area (Å²) in [6.45, 7) is 4.69. The average Bonchev–Trinajstić information content (AvgIpc) is 2.47. The van der Waals surface area contributed by atoms with Crippen LogP contribution in [-0.4, -0.2) is 40.3 Å². The number of anilines is 1. The SMILES string of the molecule is CC(Nc1cccc(C(N)=O)n1)C(=O)N1CCCCC1C. The van der Waals surface area contributed by atoms with Gasteiger partial charge in [0.1, 0.15) is 17.6 Å². The monoisotopic (exact) mass is 290 g/mol. The quantitative estimate of drug-likeness (QED) is 0.877. The number of hydrogen-bond acceptors (Lipinski definition) is 4. The van der Waals surface area contributed by atoms with Crippen molar-refractivity contribution in [2.75, 3.05) is 11.9 Å². The number of nitrogens with zero attached hydrogens (tertiary/aromatic N) is 2. The largest absolute Gasteiger partial charge is 0.364 e. The second-order valence-electron chi connectivity index (χ2n) is 5.51. The molecular formula is C15H22N4O2. The Balaban J connectivity index is 2.03. The van der Waals surface area contributed by atoms with E-state index in [1.807, 2.05) is 11.8 Å². The third-order valence-corrected chi connectivity index (χ3v) is 3.82. The minimum Gasteiger partial charge on any atom is -0.364 e. The molecule has 2 amide bonds. The first-order valence-electron chi connectivity index (χ1n) is 7.33. The first-order valence-corrected chi connectivity index (χ1v) is 7.33. The minimum absolute atomic E-state index is 0.0634. The lowest BCUT2D eigenvalue weighted by molar-refractivity contribution is -0.134. The lowest BCUT2D eigenvalue weighted by Crippen LogP contribution is -2.48. The van der Waals surface area contributed by atoms with Crippen LogP contribution in [0, 0.1) is 0 Å². The number of carbonyl (C=O) groups excluding carboxylic acids is 2. The number of likely N-dealkylation sites (tertiary alicyclic amines) is 1. The molecule has 1 aliphatic heterocycles. The zero-order chi connectivity index (χ0) is 15.4. The number of nitrogens with one attached hydrogen (secondary N) is 1. The number of piperidine rings is 1. The van der Waals surface area contributed by atoms with Crippen LogP contribution in [0.2, 0.25) is 0 Å². The van der Waals surface area contributed by atoms with E-state index in [-0.39, 0.29) is 23.7 Å². The summed E-state index contributed by atoms with van der Waals surface area (Å²) in [5, 5.41) is 3.04. The number of nitrogens with two attached hydrogens (primary N) is 1. The third-order valence-electron chi connectivity index (χ3n) is 3.82. The Morgan fingerprint density at radius 1 is 1.43 bits per heavy atom. The van der Waals surface area contributed by atoms with Crippen LogP contribution in [0.4, 0.5) is 5.82 Å². The molecule has 3 N–H and O–H groups in total. The molecule has 21 heavy (non-hydrogen) atoms. The van der Waals surface area contributed by atoms with Crippen molar-refractivity contribution in [1.29, 1.82) is 0 Å². The van der Waals surface area contributed by atoms with E-state index in [2.05, 4.69) is 17.2 Å². The van der Waals surface area contributed by atoms with Crippen LogP contribution >= 0.6 is 0 Å². The number of aromatic nitrogens is 1. The van der Waals surface area contributed by atoms with Gasteiger partial charge in [-0.25, -0.2) is 4.98 Å². The van der Waals surface area contributed by atoms with Crippen molar-refractivity contribution in [3.63, 3.8) is 0 Å². The molecule has 1 aromatic heterocycles. The molecular weight excluding hydrogens is 268 g/mol. The van der Waals surface area contributed by atoms with Crippen molar-refractivity contribution in [1.82, 2.24) is 9.88 Å². The Morgan fingerprint density at radius 3 is 2.86 bits per heavy atom. The van der Waals surface area contributed by atoms with Gasteiger partial charge in [0.05, 0.1) is 0 Å². The Hall–Kier alpha value is -2.11. The molecule has 0 aliphatic carbocycles. The van der Waals surface area contributed by atoms with Crippen molar-refractivity contribution in [2.45, 2.75) is 45.2 Å². The van der Waals surface area contributed by atoms with E-state index < -0.39 is 5.91 Å². The molecule has 6 nitrogen and oxygen atoms in total. The van der Waals surface area contributed by atoms with E-state index in [9.17, 15) is 9.59 Å². The number of carbonyl (C=O) groups is 2. The Kier molecular flexibility index (Phi) is 4.77. The maximum Gasteiger partial charge on any atom is 0.267 e. The van der Waals surface area contributed by atoms with Crippen molar-refractivity contribution < 1.29 is 9.59 Å². The zero-order valence-corrected chi connectivity index (χ0v) is 12.5. The first-order chi connectivity index (χ1) is 9.99. The summed E-state index contributed by atoms with van der Waals surface area (Å²) in [6.07, 6.45) is 3.28. The predicted molar refractivity (Wildman–Crippen MR) is 80.9 cm³/mol. The lowest BCUT2D eigenvalue weighted by atomic mass is 10.0. The second kappa shape index (κ2) is 6.56. The van der Waals surface area contributed by atoms with E-state index in [4.69, 9.17) is 5.73 Å². The number of hydrogen-bond donors (Lipinski definition) is 2. The molecule has 0 spiro atoms.